The van der Waals surface area contributed by atoms with Crippen LogP contribution in [0.15, 0.2) is 60.7 Å². The molecule has 1 unspecified atom stereocenters. The van der Waals surface area contributed by atoms with Crippen LogP contribution in [0.2, 0.25) is 0 Å². The first kappa shape index (κ1) is 17.8. The summed E-state index contributed by atoms with van der Waals surface area (Å²) in [5, 5.41) is 5.30. The molecule has 0 radical (unpaired) electrons. The van der Waals surface area contributed by atoms with Crippen LogP contribution in [-0.2, 0) is 4.79 Å². The molecule has 3 aromatic rings. The molecule has 0 heterocycles. The molecule has 3 aromatic carbocycles. The minimum Gasteiger partial charge on any atom is -0.493 e. The van der Waals surface area contributed by atoms with Crippen LogP contribution in [0.5, 0.6) is 11.5 Å². The second kappa shape index (κ2) is 7.91. The largest absolute Gasteiger partial charge is 0.493 e. The summed E-state index contributed by atoms with van der Waals surface area (Å²) in [5.41, 5.74) is 2.16. The van der Waals surface area contributed by atoms with Gasteiger partial charge >= 0.3 is 0 Å². The molecule has 0 aliphatic rings. The molecule has 0 saturated heterocycles. The van der Waals surface area contributed by atoms with Crippen molar-refractivity contribution >= 4 is 16.7 Å². The van der Waals surface area contributed by atoms with Gasteiger partial charge in [0.25, 0.3) is 5.91 Å². The van der Waals surface area contributed by atoms with Gasteiger partial charge in [-0.25, -0.2) is 0 Å². The van der Waals surface area contributed by atoms with E-state index in [0.717, 1.165) is 21.9 Å². The van der Waals surface area contributed by atoms with Crippen molar-refractivity contribution in [2.45, 2.75) is 19.9 Å². The third-order valence-electron chi connectivity index (χ3n) is 4.35. The first-order valence-corrected chi connectivity index (χ1v) is 8.63. The predicted octanol–water partition coefficient (Wildman–Crippen LogP) is 4.41. The van der Waals surface area contributed by atoms with Crippen molar-refractivity contribution in [2.75, 3.05) is 13.7 Å². The Hall–Kier alpha value is -3.01. The first-order valence-electron chi connectivity index (χ1n) is 8.63. The summed E-state index contributed by atoms with van der Waals surface area (Å²) in [6.45, 7) is 3.89. The van der Waals surface area contributed by atoms with Crippen molar-refractivity contribution in [3.05, 3.63) is 71.8 Å². The van der Waals surface area contributed by atoms with E-state index in [9.17, 15) is 4.79 Å². The summed E-state index contributed by atoms with van der Waals surface area (Å²) in [6, 6.07) is 19.8. The molecule has 4 nitrogen and oxygen atoms in total. The van der Waals surface area contributed by atoms with E-state index < -0.39 is 0 Å². The normalized spacial score (nSPS) is 11.8. The van der Waals surface area contributed by atoms with Gasteiger partial charge in [-0.3, -0.25) is 4.79 Å². The van der Waals surface area contributed by atoms with Crippen molar-refractivity contribution in [2.24, 2.45) is 0 Å². The number of carbonyl (C=O) groups is 1. The van der Waals surface area contributed by atoms with Crippen LogP contribution in [0.1, 0.15) is 24.1 Å². The molecule has 1 amide bonds. The van der Waals surface area contributed by atoms with Crippen molar-refractivity contribution < 1.29 is 14.3 Å². The first-order chi connectivity index (χ1) is 12.6. The zero-order chi connectivity index (χ0) is 18.5. The number of hydrogen-bond acceptors (Lipinski definition) is 3. The van der Waals surface area contributed by atoms with Crippen LogP contribution >= 0.6 is 0 Å². The van der Waals surface area contributed by atoms with Gasteiger partial charge in [-0.2, -0.15) is 0 Å². The van der Waals surface area contributed by atoms with Gasteiger partial charge in [-0.1, -0.05) is 48.5 Å². The highest BCUT2D eigenvalue weighted by atomic mass is 16.5. The molecule has 0 saturated carbocycles. The Labute approximate surface area is 153 Å². The molecular formula is C22H23NO3. The van der Waals surface area contributed by atoms with E-state index in [0.29, 0.717) is 11.5 Å². The van der Waals surface area contributed by atoms with Crippen molar-refractivity contribution in [1.82, 2.24) is 5.32 Å². The minimum atomic E-state index is -0.173. The summed E-state index contributed by atoms with van der Waals surface area (Å²) in [5.74, 6) is 1.01. The topological polar surface area (TPSA) is 47.6 Å². The highest BCUT2D eigenvalue weighted by Gasteiger charge is 2.13. The highest BCUT2D eigenvalue weighted by Crippen LogP contribution is 2.28. The number of carbonyl (C=O) groups excluding carboxylic acids is 1. The Kier molecular flexibility index (Phi) is 5.42. The third kappa shape index (κ3) is 3.97. The number of nitrogens with one attached hydrogen (secondary N) is 1. The number of hydrogen-bond donors (Lipinski definition) is 1. The lowest BCUT2D eigenvalue weighted by Crippen LogP contribution is -2.31. The monoisotopic (exact) mass is 349 g/mol. The Morgan fingerprint density at radius 2 is 1.81 bits per heavy atom. The van der Waals surface area contributed by atoms with Crippen LogP contribution < -0.4 is 14.8 Å². The molecule has 3 rings (SSSR count). The van der Waals surface area contributed by atoms with Crippen molar-refractivity contribution in [3.63, 3.8) is 0 Å². The van der Waals surface area contributed by atoms with Gasteiger partial charge in [0.15, 0.2) is 18.1 Å². The van der Waals surface area contributed by atoms with Crippen LogP contribution in [0.3, 0.4) is 0 Å². The average Bonchev–Trinajstić information content (AvgIpc) is 2.66. The second-order valence-corrected chi connectivity index (χ2v) is 6.30. The highest BCUT2D eigenvalue weighted by molar-refractivity contribution is 5.87. The van der Waals surface area contributed by atoms with Gasteiger partial charge in [-0.05, 0) is 47.9 Å². The number of amides is 1. The third-order valence-corrected chi connectivity index (χ3v) is 4.35. The predicted molar refractivity (Wildman–Crippen MR) is 104 cm³/mol. The SMILES string of the molecule is COc1cc(C)ccc1OCC(=O)NC(C)c1cccc2ccccc12. The van der Waals surface area contributed by atoms with E-state index in [1.54, 1.807) is 7.11 Å². The lowest BCUT2D eigenvalue weighted by atomic mass is 10.00. The molecule has 0 spiro atoms. The van der Waals surface area contributed by atoms with Crippen molar-refractivity contribution in [3.8, 4) is 11.5 Å². The summed E-state index contributed by atoms with van der Waals surface area (Å²) in [7, 11) is 1.59. The maximum atomic E-state index is 12.3. The Morgan fingerprint density at radius 1 is 1.04 bits per heavy atom. The van der Waals surface area contributed by atoms with E-state index in [1.165, 1.54) is 0 Å². The number of aryl methyl sites for hydroxylation is 1. The Morgan fingerprint density at radius 3 is 2.62 bits per heavy atom. The number of rotatable bonds is 6. The summed E-state index contributed by atoms with van der Waals surface area (Å²) in [6.07, 6.45) is 0. The smallest absolute Gasteiger partial charge is 0.258 e. The summed E-state index contributed by atoms with van der Waals surface area (Å²) < 4.78 is 10.9. The molecule has 0 bridgehead atoms. The van der Waals surface area contributed by atoms with E-state index in [1.807, 2.05) is 56.3 Å². The van der Waals surface area contributed by atoms with Gasteiger partial charge in [0.05, 0.1) is 13.2 Å². The van der Waals surface area contributed by atoms with E-state index in [2.05, 4.69) is 23.5 Å². The maximum Gasteiger partial charge on any atom is 0.258 e. The Bertz CT molecular complexity index is 915. The summed E-state index contributed by atoms with van der Waals surface area (Å²) in [4.78, 5) is 12.3. The Balaban J connectivity index is 1.66. The fourth-order valence-electron chi connectivity index (χ4n) is 3.03. The van der Waals surface area contributed by atoms with Gasteiger partial charge < -0.3 is 14.8 Å². The average molecular weight is 349 g/mol. The van der Waals surface area contributed by atoms with Crippen molar-refractivity contribution in [1.29, 1.82) is 0 Å². The number of methoxy groups -OCH3 is 1. The number of benzene rings is 3. The fraction of sp³-hybridized carbons (Fsp3) is 0.227. The number of fused-ring (bicyclic) bond motifs is 1. The molecule has 0 aliphatic carbocycles. The van der Waals surface area contributed by atoms with Gasteiger partial charge in [0, 0.05) is 0 Å². The molecule has 1 N–H and O–H groups in total. The van der Waals surface area contributed by atoms with Gasteiger partial charge in [0.1, 0.15) is 0 Å². The van der Waals surface area contributed by atoms with Crippen LogP contribution in [0, 0.1) is 6.92 Å². The molecule has 134 valence electrons. The minimum absolute atomic E-state index is 0.0610. The van der Waals surface area contributed by atoms with Gasteiger partial charge in [0.2, 0.25) is 0 Å². The molecule has 0 fully saturated rings. The zero-order valence-electron chi connectivity index (χ0n) is 15.3. The molecule has 0 aromatic heterocycles. The molecule has 4 heteroatoms. The van der Waals surface area contributed by atoms with E-state index in [-0.39, 0.29) is 18.6 Å². The second-order valence-electron chi connectivity index (χ2n) is 6.30. The van der Waals surface area contributed by atoms with E-state index in [4.69, 9.17) is 9.47 Å². The van der Waals surface area contributed by atoms with E-state index >= 15 is 0 Å². The zero-order valence-corrected chi connectivity index (χ0v) is 15.3. The van der Waals surface area contributed by atoms with Gasteiger partial charge in [-0.15, -0.1) is 0 Å². The number of ether oxygens (including phenoxy) is 2. The van der Waals surface area contributed by atoms with Crippen LogP contribution in [-0.4, -0.2) is 19.6 Å². The van der Waals surface area contributed by atoms with Crippen LogP contribution in [0.4, 0.5) is 0 Å². The molecule has 26 heavy (non-hydrogen) atoms. The molecular weight excluding hydrogens is 326 g/mol. The van der Waals surface area contributed by atoms with Crippen LogP contribution in [0.25, 0.3) is 10.8 Å². The quantitative estimate of drug-likeness (QED) is 0.717. The fourth-order valence-corrected chi connectivity index (χ4v) is 3.03. The lowest BCUT2D eigenvalue weighted by Gasteiger charge is -2.17. The molecule has 1 atom stereocenters. The maximum absolute atomic E-state index is 12.3. The standard InChI is InChI=1S/C22H23NO3/c1-15-11-12-20(21(13-15)25-3)26-14-22(24)23-16(2)18-10-6-8-17-7-4-5-9-19(17)18/h4-13,16H,14H2,1-3H3,(H,23,24). The summed E-state index contributed by atoms with van der Waals surface area (Å²) >= 11 is 0. The molecule has 0 aliphatic heterocycles. The lowest BCUT2D eigenvalue weighted by molar-refractivity contribution is -0.123.